The van der Waals surface area contributed by atoms with E-state index in [1.54, 1.807) is 0 Å². The Balaban J connectivity index is 2.40. The van der Waals surface area contributed by atoms with E-state index >= 15 is 0 Å². The zero-order valence-corrected chi connectivity index (χ0v) is 12.1. The number of halogens is 2. The summed E-state index contributed by atoms with van der Waals surface area (Å²) in [5.74, 6) is 1.23. The van der Waals surface area contributed by atoms with Crippen molar-refractivity contribution >= 4 is 15.9 Å². The van der Waals surface area contributed by atoms with Crippen molar-refractivity contribution in [1.82, 2.24) is 0 Å². The molecule has 0 saturated heterocycles. The second-order valence-corrected chi connectivity index (χ2v) is 5.35. The standard InChI is InChI=1S/C15H14BrFO/c1-9-4-12(16)8-14(5-9)18-15-10(2)6-13(17)7-11(15)3/h4-8H,1-3H3. The van der Waals surface area contributed by atoms with Crippen LogP contribution in [0.4, 0.5) is 4.39 Å². The van der Waals surface area contributed by atoms with E-state index < -0.39 is 0 Å². The topological polar surface area (TPSA) is 9.23 Å². The highest BCUT2D eigenvalue weighted by molar-refractivity contribution is 9.10. The van der Waals surface area contributed by atoms with E-state index in [1.807, 2.05) is 39.0 Å². The van der Waals surface area contributed by atoms with Gasteiger partial charge in [-0.2, -0.15) is 0 Å². The van der Waals surface area contributed by atoms with Crippen LogP contribution >= 0.6 is 15.9 Å². The first-order valence-corrected chi connectivity index (χ1v) is 6.47. The minimum atomic E-state index is -0.234. The number of rotatable bonds is 2. The molecule has 3 heteroatoms. The van der Waals surface area contributed by atoms with Crippen molar-refractivity contribution in [3.8, 4) is 11.5 Å². The first kappa shape index (κ1) is 13.1. The lowest BCUT2D eigenvalue weighted by atomic mass is 10.1. The largest absolute Gasteiger partial charge is 0.457 e. The average molecular weight is 309 g/mol. The first-order valence-electron chi connectivity index (χ1n) is 5.67. The first-order chi connectivity index (χ1) is 8.45. The highest BCUT2D eigenvalue weighted by atomic mass is 79.9. The molecular formula is C15H14BrFO. The summed E-state index contributed by atoms with van der Waals surface area (Å²) in [5.41, 5.74) is 2.70. The molecule has 0 spiro atoms. The summed E-state index contributed by atoms with van der Waals surface area (Å²) in [6.45, 7) is 5.69. The molecule has 0 aliphatic carbocycles. The maximum Gasteiger partial charge on any atom is 0.133 e. The van der Waals surface area contributed by atoms with E-state index in [2.05, 4.69) is 15.9 Å². The summed E-state index contributed by atoms with van der Waals surface area (Å²) in [5, 5.41) is 0. The molecule has 0 heterocycles. The predicted octanol–water partition coefficient (Wildman–Crippen LogP) is 5.31. The molecule has 0 amide bonds. The number of hydrogen-bond acceptors (Lipinski definition) is 1. The lowest BCUT2D eigenvalue weighted by molar-refractivity contribution is 0.471. The van der Waals surface area contributed by atoms with Crippen LogP contribution in [0.3, 0.4) is 0 Å². The summed E-state index contributed by atoms with van der Waals surface area (Å²) in [7, 11) is 0. The molecule has 0 aliphatic heterocycles. The fourth-order valence-electron chi connectivity index (χ4n) is 1.94. The van der Waals surface area contributed by atoms with E-state index in [1.165, 1.54) is 12.1 Å². The Morgan fingerprint density at radius 3 is 2.11 bits per heavy atom. The number of ether oxygens (including phenoxy) is 1. The molecule has 2 aromatic carbocycles. The average Bonchev–Trinajstić information content (AvgIpc) is 2.22. The second-order valence-electron chi connectivity index (χ2n) is 4.44. The van der Waals surface area contributed by atoms with Crippen LogP contribution in [0.15, 0.2) is 34.8 Å². The SMILES string of the molecule is Cc1cc(Br)cc(Oc2c(C)cc(F)cc2C)c1. The quantitative estimate of drug-likeness (QED) is 0.731. The zero-order chi connectivity index (χ0) is 13.3. The summed E-state index contributed by atoms with van der Waals surface area (Å²) in [4.78, 5) is 0. The van der Waals surface area contributed by atoms with Crippen LogP contribution in [-0.4, -0.2) is 0 Å². The third-order valence-corrected chi connectivity index (χ3v) is 3.12. The van der Waals surface area contributed by atoms with Gasteiger partial charge < -0.3 is 4.74 Å². The van der Waals surface area contributed by atoms with Gasteiger partial charge in [-0.1, -0.05) is 15.9 Å². The fourth-order valence-corrected chi connectivity index (χ4v) is 2.52. The highest BCUT2D eigenvalue weighted by Crippen LogP contribution is 2.31. The fraction of sp³-hybridized carbons (Fsp3) is 0.200. The lowest BCUT2D eigenvalue weighted by Gasteiger charge is -2.12. The minimum absolute atomic E-state index is 0.234. The normalized spacial score (nSPS) is 10.5. The van der Waals surface area contributed by atoms with Crippen molar-refractivity contribution < 1.29 is 9.13 Å². The van der Waals surface area contributed by atoms with Crippen LogP contribution < -0.4 is 4.74 Å². The molecule has 0 aliphatic rings. The molecule has 2 aromatic rings. The van der Waals surface area contributed by atoms with E-state index in [-0.39, 0.29) is 5.82 Å². The molecule has 0 aromatic heterocycles. The highest BCUT2D eigenvalue weighted by Gasteiger charge is 2.08. The molecule has 18 heavy (non-hydrogen) atoms. The Hall–Kier alpha value is -1.35. The Bertz CT molecular complexity index is 550. The van der Waals surface area contributed by atoms with E-state index in [9.17, 15) is 4.39 Å². The van der Waals surface area contributed by atoms with Gasteiger partial charge in [0.1, 0.15) is 17.3 Å². The van der Waals surface area contributed by atoms with E-state index in [0.717, 1.165) is 26.9 Å². The third-order valence-electron chi connectivity index (χ3n) is 2.66. The molecule has 2 rings (SSSR count). The number of benzene rings is 2. The van der Waals surface area contributed by atoms with Gasteiger partial charge >= 0.3 is 0 Å². The Morgan fingerprint density at radius 2 is 1.56 bits per heavy atom. The van der Waals surface area contributed by atoms with Gasteiger partial charge in [-0.3, -0.25) is 0 Å². The molecule has 94 valence electrons. The van der Waals surface area contributed by atoms with Gasteiger partial charge in [0.25, 0.3) is 0 Å². The molecule has 0 atom stereocenters. The summed E-state index contributed by atoms with van der Waals surface area (Å²) >= 11 is 3.43. The van der Waals surface area contributed by atoms with Gasteiger partial charge in [0, 0.05) is 4.47 Å². The lowest BCUT2D eigenvalue weighted by Crippen LogP contribution is -1.93. The van der Waals surface area contributed by atoms with Crippen LogP contribution in [0.2, 0.25) is 0 Å². The van der Waals surface area contributed by atoms with Crippen LogP contribution in [0.1, 0.15) is 16.7 Å². The van der Waals surface area contributed by atoms with Gasteiger partial charge in [-0.15, -0.1) is 0 Å². The van der Waals surface area contributed by atoms with E-state index in [4.69, 9.17) is 4.74 Å². The van der Waals surface area contributed by atoms with Gasteiger partial charge in [0.2, 0.25) is 0 Å². The molecule has 0 radical (unpaired) electrons. The van der Waals surface area contributed by atoms with E-state index in [0.29, 0.717) is 5.75 Å². The number of hydrogen-bond donors (Lipinski definition) is 0. The summed E-state index contributed by atoms with van der Waals surface area (Å²) < 4.78 is 20.0. The summed E-state index contributed by atoms with van der Waals surface area (Å²) in [6.07, 6.45) is 0. The summed E-state index contributed by atoms with van der Waals surface area (Å²) in [6, 6.07) is 8.82. The molecule has 0 fully saturated rings. The monoisotopic (exact) mass is 308 g/mol. The van der Waals surface area contributed by atoms with Crippen molar-refractivity contribution in [3.05, 3.63) is 57.3 Å². The Kier molecular flexibility index (Phi) is 3.71. The van der Waals surface area contributed by atoms with Gasteiger partial charge in [-0.25, -0.2) is 4.39 Å². The number of aryl methyl sites for hydroxylation is 3. The van der Waals surface area contributed by atoms with Gasteiger partial charge in [0.05, 0.1) is 0 Å². The Morgan fingerprint density at radius 1 is 0.944 bits per heavy atom. The maximum absolute atomic E-state index is 13.2. The predicted molar refractivity (Wildman–Crippen MR) is 74.8 cm³/mol. The minimum Gasteiger partial charge on any atom is -0.457 e. The Labute approximate surface area is 115 Å². The molecule has 1 nitrogen and oxygen atoms in total. The van der Waals surface area contributed by atoms with Crippen molar-refractivity contribution in [2.75, 3.05) is 0 Å². The molecule has 0 bridgehead atoms. The second kappa shape index (κ2) is 5.11. The van der Waals surface area contributed by atoms with Crippen molar-refractivity contribution in [2.24, 2.45) is 0 Å². The maximum atomic E-state index is 13.2. The van der Waals surface area contributed by atoms with Crippen LogP contribution in [0.5, 0.6) is 11.5 Å². The van der Waals surface area contributed by atoms with Crippen molar-refractivity contribution in [2.45, 2.75) is 20.8 Å². The van der Waals surface area contributed by atoms with Crippen LogP contribution in [-0.2, 0) is 0 Å². The van der Waals surface area contributed by atoms with Crippen LogP contribution in [0.25, 0.3) is 0 Å². The molecule has 0 N–H and O–H groups in total. The van der Waals surface area contributed by atoms with Crippen LogP contribution in [0, 0.1) is 26.6 Å². The zero-order valence-electron chi connectivity index (χ0n) is 10.6. The molecular weight excluding hydrogens is 295 g/mol. The molecule has 0 unspecified atom stereocenters. The van der Waals surface area contributed by atoms with Gasteiger partial charge in [0.15, 0.2) is 0 Å². The van der Waals surface area contributed by atoms with Crippen molar-refractivity contribution in [3.63, 3.8) is 0 Å². The molecule has 0 saturated carbocycles. The third kappa shape index (κ3) is 2.91. The van der Waals surface area contributed by atoms with Gasteiger partial charge in [-0.05, 0) is 67.8 Å². The smallest absolute Gasteiger partial charge is 0.133 e. The van der Waals surface area contributed by atoms with Crippen molar-refractivity contribution in [1.29, 1.82) is 0 Å².